The Balaban J connectivity index is 5.19. The van der Waals surface area contributed by atoms with Crippen LogP contribution in [0.3, 0.4) is 0 Å². The first-order valence-electron chi connectivity index (χ1n) is 5.07. The summed E-state index contributed by atoms with van der Waals surface area (Å²) in [4.78, 5) is 22.7. The lowest BCUT2D eigenvalue weighted by atomic mass is 9.85. The molecule has 3 N–H and O–H groups in total. The van der Waals surface area contributed by atoms with Crippen LogP contribution < -0.4 is 11.1 Å². The fourth-order valence-corrected chi connectivity index (χ4v) is 1.75. The van der Waals surface area contributed by atoms with E-state index in [-0.39, 0.29) is 5.91 Å². The molecule has 0 rings (SSSR count). The number of amides is 2. The third-order valence-electron chi connectivity index (χ3n) is 2.09. The van der Waals surface area contributed by atoms with Gasteiger partial charge in [-0.2, -0.15) is 0 Å². The molecule has 0 unspecified atom stereocenters. The number of nitrogens with two attached hydrogens (primary N) is 1. The summed E-state index contributed by atoms with van der Waals surface area (Å²) in [5, 5.41) is 2.62. The number of hydrogen-bond donors (Lipinski definition) is 2. The Kier molecular flexibility index (Phi) is 4.95. The highest BCUT2D eigenvalue weighted by Gasteiger charge is 2.37. The standard InChI is InChI=1S/C12H20N2O2/c1-8(2)6-12(11(13)16,7-9(3)4)14-10(5)15/h1,3,6-7H2,2,4-5H3,(H2,13,16)(H,14,15). The number of nitrogens with one attached hydrogen (secondary N) is 1. The van der Waals surface area contributed by atoms with E-state index >= 15 is 0 Å². The van der Waals surface area contributed by atoms with Gasteiger partial charge in [-0.1, -0.05) is 11.1 Å². The topological polar surface area (TPSA) is 72.2 Å². The van der Waals surface area contributed by atoms with Crippen molar-refractivity contribution in [1.82, 2.24) is 5.32 Å². The maximum atomic E-state index is 11.6. The van der Waals surface area contributed by atoms with Crippen LogP contribution in [-0.4, -0.2) is 17.4 Å². The van der Waals surface area contributed by atoms with Crippen molar-refractivity contribution in [1.29, 1.82) is 0 Å². The zero-order valence-electron chi connectivity index (χ0n) is 10.2. The molecule has 0 saturated carbocycles. The summed E-state index contributed by atoms with van der Waals surface area (Å²) >= 11 is 0. The molecular weight excluding hydrogens is 204 g/mol. The third-order valence-corrected chi connectivity index (χ3v) is 2.09. The van der Waals surface area contributed by atoms with Crippen molar-refractivity contribution in [2.75, 3.05) is 0 Å². The average Bonchev–Trinajstić information content (AvgIpc) is 1.98. The van der Waals surface area contributed by atoms with Crippen molar-refractivity contribution in [2.45, 2.75) is 39.2 Å². The van der Waals surface area contributed by atoms with Gasteiger partial charge in [-0.05, 0) is 13.8 Å². The summed E-state index contributed by atoms with van der Waals surface area (Å²) in [6, 6.07) is 0. The second-order valence-electron chi connectivity index (χ2n) is 4.40. The largest absolute Gasteiger partial charge is 0.368 e. The summed E-state index contributed by atoms with van der Waals surface area (Å²) in [5.41, 5.74) is 5.86. The molecule has 0 atom stereocenters. The van der Waals surface area contributed by atoms with Crippen molar-refractivity contribution in [3.8, 4) is 0 Å². The molecule has 2 amide bonds. The Hall–Kier alpha value is -1.58. The van der Waals surface area contributed by atoms with Crippen molar-refractivity contribution in [3.63, 3.8) is 0 Å². The molecule has 0 aliphatic rings. The minimum absolute atomic E-state index is 0.290. The number of carbonyl (C=O) groups excluding carboxylic acids is 2. The molecule has 0 fully saturated rings. The smallest absolute Gasteiger partial charge is 0.243 e. The Morgan fingerprint density at radius 2 is 1.50 bits per heavy atom. The maximum absolute atomic E-state index is 11.6. The average molecular weight is 224 g/mol. The van der Waals surface area contributed by atoms with Crippen LogP contribution >= 0.6 is 0 Å². The maximum Gasteiger partial charge on any atom is 0.243 e. The van der Waals surface area contributed by atoms with Crippen LogP contribution in [0.1, 0.15) is 33.6 Å². The molecule has 4 heteroatoms. The zero-order chi connectivity index (χ0) is 12.9. The number of carbonyl (C=O) groups is 2. The number of rotatable bonds is 6. The zero-order valence-corrected chi connectivity index (χ0v) is 10.2. The molecule has 90 valence electrons. The molecule has 0 aliphatic carbocycles. The molecule has 0 aromatic rings. The van der Waals surface area contributed by atoms with Crippen molar-refractivity contribution < 1.29 is 9.59 Å². The van der Waals surface area contributed by atoms with Gasteiger partial charge in [0.25, 0.3) is 0 Å². The summed E-state index contributed by atoms with van der Waals surface area (Å²) in [6.45, 7) is 12.4. The molecule has 4 nitrogen and oxygen atoms in total. The Labute approximate surface area is 96.6 Å². The van der Waals surface area contributed by atoms with Gasteiger partial charge >= 0.3 is 0 Å². The van der Waals surface area contributed by atoms with Gasteiger partial charge < -0.3 is 11.1 Å². The fourth-order valence-electron chi connectivity index (χ4n) is 1.75. The van der Waals surface area contributed by atoms with Gasteiger partial charge in [0.05, 0.1) is 0 Å². The molecule has 0 aliphatic heterocycles. The van der Waals surface area contributed by atoms with E-state index in [2.05, 4.69) is 18.5 Å². The Morgan fingerprint density at radius 1 is 1.12 bits per heavy atom. The predicted octanol–water partition coefficient (Wildman–Crippen LogP) is 1.28. The third kappa shape index (κ3) is 4.29. The van der Waals surface area contributed by atoms with Crippen LogP contribution in [0.4, 0.5) is 0 Å². The molecule has 0 aromatic carbocycles. The summed E-state index contributed by atoms with van der Waals surface area (Å²) in [7, 11) is 0. The van der Waals surface area contributed by atoms with E-state index in [9.17, 15) is 9.59 Å². The van der Waals surface area contributed by atoms with E-state index in [1.807, 2.05) is 0 Å². The highest BCUT2D eigenvalue weighted by molar-refractivity contribution is 5.90. The first-order valence-corrected chi connectivity index (χ1v) is 5.07. The quantitative estimate of drug-likeness (QED) is 0.667. The predicted molar refractivity (Wildman–Crippen MR) is 64.6 cm³/mol. The van der Waals surface area contributed by atoms with Gasteiger partial charge in [0.15, 0.2) is 0 Å². The van der Waals surface area contributed by atoms with Gasteiger partial charge in [0.2, 0.25) is 11.8 Å². The summed E-state index contributed by atoms with van der Waals surface area (Å²) < 4.78 is 0. The van der Waals surface area contributed by atoms with Crippen LogP contribution in [0.5, 0.6) is 0 Å². The van der Waals surface area contributed by atoms with Crippen LogP contribution in [0.2, 0.25) is 0 Å². The second-order valence-corrected chi connectivity index (χ2v) is 4.40. The Morgan fingerprint density at radius 3 is 1.69 bits per heavy atom. The SMILES string of the molecule is C=C(C)CC(CC(=C)C)(NC(C)=O)C(N)=O. The van der Waals surface area contributed by atoms with E-state index in [4.69, 9.17) is 5.73 Å². The van der Waals surface area contributed by atoms with Crippen molar-refractivity contribution in [3.05, 3.63) is 24.3 Å². The molecule has 0 aromatic heterocycles. The molecule has 0 radical (unpaired) electrons. The lowest BCUT2D eigenvalue weighted by Gasteiger charge is -2.31. The van der Waals surface area contributed by atoms with Gasteiger partial charge in [0, 0.05) is 19.8 Å². The minimum atomic E-state index is -1.09. The lowest BCUT2D eigenvalue weighted by molar-refractivity contribution is -0.130. The first kappa shape index (κ1) is 14.4. The molecule has 0 spiro atoms. The van der Waals surface area contributed by atoms with E-state index in [0.717, 1.165) is 11.1 Å². The molecule has 0 saturated heterocycles. The molecular formula is C12H20N2O2. The van der Waals surface area contributed by atoms with Gasteiger partial charge in [-0.25, -0.2) is 0 Å². The highest BCUT2D eigenvalue weighted by Crippen LogP contribution is 2.23. The van der Waals surface area contributed by atoms with Gasteiger partial charge in [-0.15, -0.1) is 13.2 Å². The summed E-state index contributed by atoms with van der Waals surface area (Å²) in [5.74, 6) is -0.852. The van der Waals surface area contributed by atoms with Crippen LogP contribution in [-0.2, 0) is 9.59 Å². The van der Waals surface area contributed by atoms with Crippen LogP contribution in [0, 0.1) is 0 Å². The minimum Gasteiger partial charge on any atom is -0.368 e. The van der Waals surface area contributed by atoms with Gasteiger partial charge in [-0.3, -0.25) is 9.59 Å². The van der Waals surface area contributed by atoms with Gasteiger partial charge in [0.1, 0.15) is 5.54 Å². The monoisotopic (exact) mass is 224 g/mol. The van der Waals surface area contributed by atoms with Crippen molar-refractivity contribution in [2.24, 2.45) is 5.73 Å². The lowest BCUT2D eigenvalue weighted by Crippen LogP contribution is -2.57. The van der Waals surface area contributed by atoms with Crippen LogP contribution in [0.25, 0.3) is 0 Å². The van der Waals surface area contributed by atoms with E-state index in [1.165, 1.54) is 6.92 Å². The van der Waals surface area contributed by atoms with E-state index < -0.39 is 11.4 Å². The summed E-state index contributed by atoms with van der Waals surface area (Å²) in [6.07, 6.45) is 0.656. The number of hydrogen-bond acceptors (Lipinski definition) is 2. The van der Waals surface area contributed by atoms with E-state index in [1.54, 1.807) is 13.8 Å². The molecule has 16 heavy (non-hydrogen) atoms. The van der Waals surface area contributed by atoms with Crippen molar-refractivity contribution >= 4 is 11.8 Å². The Bertz CT molecular complexity index is 291. The normalized spacial score (nSPS) is 10.7. The highest BCUT2D eigenvalue weighted by atomic mass is 16.2. The molecule has 0 bridgehead atoms. The van der Waals surface area contributed by atoms with E-state index in [0.29, 0.717) is 12.8 Å². The first-order chi connectivity index (χ1) is 7.19. The van der Waals surface area contributed by atoms with Crippen LogP contribution in [0.15, 0.2) is 24.3 Å². The fraction of sp³-hybridized carbons (Fsp3) is 0.500. The molecule has 0 heterocycles. The number of primary amides is 1. The second kappa shape index (κ2) is 5.49.